The minimum absolute atomic E-state index is 0.0199. The smallest absolute Gasteiger partial charge is 0.335 e. The zero-order valence-electron chi connectivity index (χ0n) is 23.4. The molecule has 0 aromatic heterocycles. The molecule has 1 aromatic rings. The van der Waals surface area contributed by atoms with E-state index >= 15 is 0 Å². The van der Waals surface area contributed by atoms with Gasteiger partial charge in [0.2, 0.25) is 0 Å². The van der Waals surface area contributed by atoms with Gasteiger partial charge in [0.1, 0.15) is 0 Å². The fourth-order valence-corrected chi connectivity index (χ4v) is 5.46. The van der Waals surface area contributed by atoms with E-state index in [0.29, 0.717) is 17.4 Å². The number of benzene rings is 1. The minimum atomic E-state index is -0.612. The van der Waals surface area contributed by atoms with Crippen LogP contribution in [-0.2, 0) is 31.9 Å². The summed E-state index contributed by atoms with van der Waals surface area (Å²) >= 11 is 6.60. The van der Waals surface area contributed by atoms with E-state index in [4.69, 9.17) is 26.2 Å². The molecule has 1 atom stereocenters. The van der Waals surface area contributed by atoms with Crippen LogP contribution in [-0.4, -0.2) is 36.9 Å². The van der Waals surface area contributed by atoms with Crippen molar-refractivity contribution in [1.82, 2.24) is 0 Å². The number of halogens is 1. The van der Waals surface area contributed by atoms with Crippen molar-refractivity contribution in [3.05, 3.63) is 58.7 Å². The average molecular weight is 547 g/mol. The summed E-state index contributed by atoms with van der Waals surface area (Å²) in [6, 6.07) is 6.59. The van der Waals surface area contributed by atoms with Crippen molar-refractivity contribution < 1.29 is 24.2 Å². The van der Waals surface area contributed by atoms with Crippen LogP contribution < -0.4 is 0 Å². The topological polar surface area (TPSA) is 72.8 Å². The fourth-order valence-electron chi connectivity index (χ4n) is 5.16. The van der Waals surface area contributed by atoms with Crippen LogP contribution in [0.1, 0.15) is 89.2 Å². The molecule has 38 heavy (non-hydrogen) atoms. The first-order valence-electron chi connectivity index (χ1n) is 14.3. The van der Waals surface area contributed by atoms with E-state index in [1.807, 2.05) is 0 Å². The lowest BCUT2D eigenvalue weighted by atomic mass is 9.74. The number of aliphatic hydroxyl groups is 1. The molecule has 0 spiro atoms. The Hall–Kier alpha value is -2.11. The Bertz CT molecular complexity index is 916. The van der Waals surface area contributed by atoms with Gasteiger partial charge in [0.25, 0.3) is 0 Å². The van der Waals surface area contributed by atoms with Crippen molar-refractivity contribution >= 4 is 23.5 Å². The van der Waals surface area contributed by atoms with Crippen LogP contribution in [0.2, 0.25) is 5.02 Å². The highest BCUT2D eigenvalue weighted by molar-refractivity contribution is 6.31. The molecule has 1 aliphatic carbocycles. The van der Waals surface area contributed by atoms with E-state index in [1.165, 1.54) is 43.2 Å². The SMILES string of the molecule is C=C(C)C(=O)OCC(COC(=O)C(=C)CO)C1CCC(CCc2ccc(CCCCCCC)c(Cl)c2)CC1. The zero-order valence-corrected chi connectivity index (χ0v) is 24.2. The van der Waals surface area contributed by atoms with Crippen LogP contribution in [0.4, 0.5) is 0 Å². The van der Waals surface area contributed by atoms with E-state index in [0.717, 1.165) is 50.0 Å². The zero-order chi connectivity index (χ0) is 27.9. The van der Waals surface area contributed by atoms with Gasteiger partial charge in [0, 0.05) is 16.5 Å². The van der Waals surface area contributed by atoms with Gasteiger partial charge in [0.05, 0.1) is 25.4 Å². The highest BCUT2D eigenvalue weighted by Crippen LogP contribution is 2.36. The van der Waals surface area contributed by atoms with Crippen LogP contribution in [0.15, 0.2) is 42.5 Å². The molecule has 0 radical (unpaired) electrons. The van der Waals surface area contributed by atoms with Gasteiger partial charge in [-0.3, -0.25) is 0 Å². The van der Waals surface area contributed by atoms with Gasteiger partial charge in [-0.15, -0.1) is 0 Å². The van der Waals surface area contributed by atoms with Crippen molar-refractivity contribution in [2.45, 2.75) is 90.9 Å². The second-order valence-electron chi connectivity index (χ2n) is 10.9. The normalized spacial score (nSPS) is 18.0. The lowest BCUT2D eigenvalue weighted by molar-refractivity contribution is -0.146. The summed E-state index contributed by atoms with van der Waals surface area (Å²) in [4.78, 5) is 23.9. The van der Waals surface area contributed by atoms with Gasteiger partial charge < -0.3 is 14.6 Å². The summed E-state index contributed by atoms with van der Waals surface area (Å²) in [5, 5.41) is 10.0. The Morgan fingerprint density at radius 2 is 1.66 bits per heavy atom. The van der Waals surface area contributed by atoms with Gasteiger partial charge in [-0.2, -0.15) is 0 Å². The minimum Gasteiger partial charge on any atom is -0.462 e. The summed E-state index contributed by atoms with van der Waals surface area (Å²) in [6.07, 6.45) is 13.7. The van der Waals surface area contributed by atoms with Crippen LogP contribution in [0.3, 0.4) is 0 Å². The molecule has 0 heterocycles. The molecular formula is C32H47ClO5. The van der Waals surface area contributed by atoms with Gasteiger partial charge in [-0.05, 0) is 74.5 Å². The molecule has 0 bridgehead atoms. The van der Waals surface area contributed by atoms with E-state index in [-0.39, 0.29) is 24.7 Å². The largest absolute Gasteiger partial charge is 0.462 e. The Balaban J connectivity index is 1.83. The average Bonchev–Trinajstić information content (AvgIpc) is 2.92. The maximum absolute atomic E-state index is 12.0. The summed E-state index contributed by atoms with van der Waals surface area (Å²) in [6.45, 7) is 10.9. The number of aryl methyl sites for hydroxylation is 2. The molecule has 0 saturated heterocycles. The first kappa shape index (κ1) is 32.1. The fraction of sp³-hybridized carbons (Fsp3) is 0.625. The number of aliphatic hydroxyl groups excluding tert-OH is 1. The maximum Gasteiger partial charge on any atom is 0.335 e. The van der Waals surface area contributed by atoms with Crippen molar-refractivity contribution in [2.75, 3.05) is 19.8 Å². The molecule has 1 unspecified atom stereocenters. The van der Waals surface area contributed by atoms with Gasteiger partial charge in [0.15, 0.2) is 0 Å². The number of hydrogen-bond acceptors (Lipinski definition) is 5. The molecule has 0 amide bonds. The lowest BCUT2D eigenvalue weighted by Gasteiger charge is -2.33. The Morgan fingerprint density at radius 1 is 1.00 bits per heavy atom. The number of carbonyl (C=O) groups excluding carboxylic acids is 2. The molecule has 1 fully saturated rings. The van der Waals surface area contributed by atoms with Gasteiger partial charge >= 0.3 is 11.9 Å². The van der Waals surface area contributed by atoms with Crippen LogP contribution in [0.5, 0.6) is 0 Å². The summed E-state index contributed by atoms with van der Waals surface area (Å²) in [5.74, 6) is -0.207. The third-order valence-corrected chi connectivity index (χ3v) is 8.10. The first-order valence-corrected chi connectivity index (χ1v) is 14.7. The monoisotopic (exact) mass is 546 g/mol. The van der Waals surface area contributed by atoms with E-state index in [2.05, 4.69) is 38.3 Å². The van der Waals surface area contributed by atoms with E-state index < -0.39 is 18.5 Å². The molecular weight excluding hydrogens is 500 g/mol. The van der Waals surface area contributed by atoms with Crippen LogP contribution >= 0.6 is 11.6 Å². The van der Waals surface area contributed by atoms with Crippen molar-refractivity contribution in [3.8, 4) is 0 Å². The standard InChI is InChI=1S/C32H47ClO5/c1-5-6-7-8-9-10-28-18-15-26(19-30(28)33)12-11-25-13-16-27(17-14-25)29(21-37-31(35)23(2)3)22-38-32(36)24(4)20-34/h15,18-19,25,27,29,34H,2,4-14,16-17,20-22H2,1,3H3. The number of esters is 2. The second-order valence-corrected chi connectivity index (χ2v) is 11.3. The quantitative estimate of drug-likeness (QED) is 0.125. The van der Waals surface area contributed by atoms with Gasteiger partial charge in [-0.1, -0.05) is 82.3 Å². The molecule has 1 N–H and O–H groups in total. The summed E-state index contributed by atoms with van der Waals surface area (Å²) in [5.41, 5.74) is 2.92. The molecule has 0 aliphatic heterocycles. The number of unbranched alkanes of at least 4 members (excludes halogenated alkanes) is 4. The number of carbonyl (C=O) groups is 2. The third-order valence-electron chi connectivity index (χ3n) is 7.75. The van der Waals surface area contributed by atoms with E-state index in [1.54, 1.807) is 6.92 Å². The predicted octanol–water partition coefficient (Wildman–Crippen LogP) is 7.42. The molecule has 2 rings (SSSR count). The van der Waals surface area contributed by atoms with Crippen LogP contribution in [0.25, 0.3) is 0 Å². The molecule has 1 aromatic carbocycles. The summed E-state index contributed by atoms with van der Waals surface area (Å²) in [7, 11) is 0. The van der Waals surface area contributed by atoms with Crippen LogP contribution in [0, 0.1) is 17.8 Å². The number of hydrogen-bond donors (Lipinski definition) is 1. The number of ether oxygens (including phenoxy) is 2. The Kier molecular flexibility index (Phi) is 14.8. The highest BCUT2D eigenvalue weighted by Gasteiger charge is 2.30. The van der Waals surface area contributed by atoms with Gasteiger partial charge in [-0.25, -0.2) is 9.59 Å². The summed E-state index contributed by atoms with van der Waals surface area (Å²) < 4.78 is 10.8. The molecule has 1 saturated carbocycles. The molecule has 1 aliphatic rings. The maximum atomic E-state index is 12.0. The second kappa shape index (κ2) is 17.5. The van der Waals surface area contributed by atoms with E-state index in [9.17, 15) is 9.59 Å². The number of rotatable bonds is 17. The Labute approximate surface area is 234 Å². The first-order chi connectivity index (χ1) is 18.2. The molecule has 212 valence electrons. The molecule has 6 heteroatoms. The highest BCUT2D eigenvalue weighted by atomic mass is 35.5. The lowest BCUT2D eigenvalue weighted by Crippen LogP contribution is -2.31. The van der Waals surface area contributed by atoms with Crippen molar-refractivity contribution in [1.29, 1.82) is 0 Å². The third kappa shape index (κ3) is 11.3. The van der Waals surface area contributed by atoms with Crippen molar-refractivity contribution in [3.63, 3.8) is 0 Å². The molecule has 5 nitrogen and oxygen atoms in total. The predicted molar refractivity (Wildman–Crippen MR) is 154 cm³/mol. The van der Waals surface area contributed by atoms with Crippen molar-refractivity contribution in [2.24, 2.45) is 17.8 Å². The Morgan fingerprint density at radius 3 is 2.26 bits per heavy atom.